The summed E-state index contributed by atoms with van der Waals surface area (Å²) in [6, 6.07) is 8.44. The van der Waals surface area contributed by atoms with Crippen molar-refractivity contribution in [1.29, 1.82) is 0 Å². The van der Waals surface area contributed by atoms with Crippen LogP contribution in [-0.2, 0) is 25.5 Å². The second-order valence-electron chi connectivity index (χ2n) is 8.22. The van der Waals surface area contributed by atoms with Gasteiger partial charge < -0.3 is 14.7 Å². The molecule has 0 saturated heterocycles. The molecule has 1 aromatic rings. The smallest absolute Gasteiger partial charge is 0.323 e. The van der Waals surface area contributed by atoms with E-state index in [9.17, 15) is 19.5 Å². The number of aryl methyl sites for hydroxylation is 1. The monoisotopic (exact) mass is 468 g/mol. The highest BCUT2D eigenvalue weighted by Crippen LogP contribution is 2.22. The lowest BCUT2D eigenvalue weighted by molar-refractivity contribution is -0.149. The average molecular weight is 469 g/mol. The Morgan fingerprint density at radius 3 is 2.31 bits per heavy atom. The van der Waals surface area contributed by atoms with Crippen molar-refractivity contribution in [3.8, 4) is 0 Å². The van der Waals surface area contributed by atoms with Gasteiger partial charge in [0.05, 0.1) is 12.6 Å². The van der Waals surface area contributed by atoms with Crippen LogP contribution in [0.3, 0.4) is 0 Å². The van der Waals surface area contributed by atoms with E-state index in [1.165, 1.54) is 4.90 Å². The number of amides is 1. The molecule has 0 heterocycles. The molecule has 8 heteroatoms. The summed E-state index contributed by atoms with van der Waals surface area (Å²) in [6.45, 7) is 3.39. The number of hydrogen-bond donors (Lipinski definition) is 2. The molecule has 1 saturated carbocycles. The first-order valence-electron chi connectivity index (χ1n) is 11.4. The summed E-state index contributed by atoms with van der Waals surface area (Å²) >= 11 is 0. The zero-order valence-electron chi connectivity index (χ0n) is 19.1. The molecule has 1 unspecified atom stereocenters. The Morgan fingerprint density at radius 2 is 1.75 bits per heavy atom. The highest BCUT2D eigenvalue weighted by atomic mass is 35.5. The van der Waals surface area contributed by atoms with E-state index in [1.807, 2.05) is 30.3 Å². The number of esters is 1. The van der Waals surface area contributed by atoms with Crippen LogP contribution < -0.4 is 5.32 Å². The number of carbonyl (C=O) groups excluding carboxylic acids is 2. The van der Waals surface area contributed by atoms with Crippen molar-refractivity contribution in [2.24, 2.45) is 0 Å². The van der Waals surface area contributed by atoms with E-state index in [2.05, 4.69) is 5.32 Å². The third-order valence-electron chi connectivity index (χ3n) is 5.81. The number of carboxylic acid groups (broad SMARTS) is 1. The molecule has 1 amide bonds. The zero-order valence-corrected chi connectivity index (χ0v) is 19.9. The van der Waals surface area contributed by atoms with Gasteiger partial charge in [-0.15, -0.1) is 12.4 Å². The number of carboxylic acids is 1. The molecule has 0 aromatic heterocycles. The number of halogens is 1. The lowest BCUT2D eigenvalue weighted by atomic mass is 10.0. The van der Waals surface area contributed by atoms with Gasteiger partial charge in [0.1, 0.15) is 12.6 Å². The Balaban J connectivity index is 0.00000512. The normalized spacial score (nSPS) is 16.2. The van der Waals surface area contributed by atoms with Crippen LogP contribution in [0.15, 0.2) is 30.3 Å². The predicted molar refractivity (Wildman–Crippen MR) is 126 cm³/mol. The Hall–Kier alpha value is -2.12. The van der Waals surface area contributed by atoms with Crippen molar-refractivity contribution in [2.45, 2.75) is 83.3 Å². The van der Waals surface area contributed by atoms with Crippen LogP contribution in [0.4, 0.5) is 0 Å². The summed E-state index contributed by atoms with van der Waals surface area (Å²) in [4.78, 5) is 38.7. The van der Waals surface area contributed by atoms with Crippen LogP contribution in [0.25, 0.3) is 0 Å². The molecule has 2 atom stereocenters. The van der Waals surface area contributed by atoms with Crippen molar-refractivity contribution in [2.75, 3.05) is 13.2 Å². The highest BCUT2D eigenvalue weighted by Gasteiger charge is 2.32. The van der Waals surface area contributed by atoms with E-state index in [1.54, 1.807) is 13.8 Å². The summed E-state index contributed by atoms with van der Waals surface area (Å²) < 4.78 is 5.21. The Morgan fingerprint density at radius 1 is 1.12 bits per heavy atom. The van der Waals surface area contributed by atoms with Crippen LogP contribution in [-0.4, -0.2) is 59.1 Å². The highest BCUT2D eigenvalue weighted by molar-refractivity contribution is 5.86. The van der Waals surface area contributed by atoms with Crippen molar-refractivity contribution in [1.82, 2.24) is 10.2 Å². The third kappa shape index (κ3) is 9.17. The van der Waals surface area contributed by atoms with Crippen LogP contribution in [0.1, 0.15) is 64.4 Å². The lowest BCUT2D eigenvalue weighted by Crippen LogP contribution is -2.54. The molecule has 2 N–H and O–H groups in total. The van der Waals surface area contributed by atoms with Gasteiger partial charge in [0.25, 0.3) is 0 Å². The third-order valence-corrected chi connectivity index (χ3v) is 5.81. The standard InChI is InChI=1S/C24H36N2O5.ClH/c1-3-31-24(30)21(16-15-19-11-7-6-8-12-19)25-18(2)23(29)26(17-22(27)28)20-13-9-4-5-10-14-20;/h6-8,11-12,18,20-21,25H,3-5,9-10,13-17H2,1-2H3,(H,27,28);1H/t18-,21?;/m0./s1. The van der Waals surface area contributed by atoms with Crippen molar-refractivity contribution in [3.05, 3.63) is 35.9 Å². The minimum absolute atomic E-state index is 0. The first kappa shape index (κ1) is 27.9. The maximum Gasteiger partial charge on any atom is 0.323 e. The predicted octanol–water partition coefficient (Wildman–Crippen LogP) is 3.59. The van der Waals surface area contributed by atoms with E-state index in [0.29, 0.717) is 12.8 Å². The van der Waals surface area contributed by atoms with Gasteiger partial charge in [-0.25, -0.2) is 0 Å². The molecule has 180 valence electrons. The van der Waals surface area contributed by atoms with Gasteiger partial charge in [0, 0.05) is 6.04 Å². The molecule has 7 nitrogen and oxygen atoms in total. The van der Waals surface area contributed by atoms with Crippen LogP contribution in [0.5, 0.6) is 0 Å². The molecule has 2 rings (SSSR count). The summed E-state index contributed by atoms with van der Waals surface area (Å²) in [6.07, 6.45) is 7.02. The number of rotatable bonds is 11. The second-order valence-corrected chi connectivity index (χ2v) is 8.22. The Labute approximate surface area is 197 Å². The van der Waals surface area contributed by atoms with E-state index in [-0.39, 0.29) is 37.5 Å². The minimum atomic E-state index is -1.02. The minimum Gasteiger partial charge on any atom is -0.480 e. The number of hydrogen-bond acceptors (Lipinski definition) is 5. The van der Waals surface area contributed by atoms with Crippen LogP contribution in [0, 0.1) is 0 Å². The Bertz CT molecular complexity index is 708. The summed E-state index contributed by atoms with van der Waals surface area (Å²) in [5.41, 5.74) is 1.10. The summed E-state index contributed by atoms with van der Waals surface area (Å²) in [5.74, 6) is -1.68. The Kier molecular flexibility index (Phi) is 13.0. The molecule has 0 bridgehead atoms. The van der Waals surface area contributed by atoms with Gasteiger partial charge in [-0.05, 0) is 45.1 Å². The van der Waals surface area contributed by atoms with Crippen molar-refractivity contribution >= 4 is 30.3 Å². The molecule has 1 fully saturated rings. The fourth-order valence-corrected chi connectivity index (χ4v) is 4.19. The quantitative estimate of drug-likeness (QED) is 0.380. The average Bonchev–Trinajstić information content (AvgIpc) is 3.04. The van der Waals surface area contributed by atoms with Gasteiger partial charge in [-0.1, -0.05) is 56.0 Å². The molecular weight excluding hydrogens is 432 g/mol. The number of nitrogens with one attached hydrogen (secondary N) is 1. The molecule has 0 spiro atoms. The number of aliphatic carboxylic acids is 1. The van der Waals surface area contributed by atoms with E-state index >= 15 is 0 Å². The molecule has 0 aliphatic heterocycles. The molecule has 1 aromatic carbocycles. The number of nitrogens with zero attached hydrogens (tertiary/aromatic N) is 1. The van der Waals surface area contributed by atoms with Gasteiger partial charge in [0.15, 0.2) is 0 Å². The number of benzene rings is 1. The fourth-order valence-electron chi connectivity index (χ4n) is 4.19. The van der Waals surface area contributed by atoms with Gasteiger partial charge in [0.2, 0.25) is 5.91 Å². The summed E-state index contributed by atoms with van der Waals surface area (Å²) in [5, 5.41) is 12.5. The van der Waals surface area contributed by atoms with E-state index < -0.39 is 24.0 Å². The SMILES string of the molecule is CCOC(=O)C(CCc1ccccc1)N[C@@H](C)C(=O)N(CC(=O)O)C1CCCCCC1.Cl. The molecular formula is C24H37ClN2O5. The molecule has 0 radical (unpaired) electrons. The van der Waals surface area contributed by atoms with Crippen LogP contribution in [0.2, 0.25) is 0 Å². The van der Waals surface area contributed by atoms with Crippen LogP contribution >= 0.6 is 12.4 Å². The number of carbonyl (C=O) groups is 3. The lowest BCUT2D eigenvalue weighted by Gasteiger charge is -2.33. The van der Waals surface area contributed by atoms with Gasteiger partial charge in [-0.2, -0.15) is 0 Å². The topological polar surface area (TPSA) is 95.9 Å². The maximum atomic E-state index is 13.2. The number of ether oxygens (including phenoxy) is 1. The van der Waals surface area contributed by atoms with E-state index in [0.717, 1.165) is 44.1 Å². The largest absolute Gasteiger partial charge is 0.480 e. The van der Waals surface area contributed by atoms with Crippen molar-refractivity contribution in [3.63, 3.8) is 0 Å². The van der Waals surface area contributed by atoms with E-state index in [4.69, 9.17) is 4.74 Å². The zero-order chi connectivity index (χ0) is 22.6. The van der Waals surface area contributed by atoms with Gasteiger partial charge >= 0.3 is 11.9 Å². The second kappa shape index (κ2) is 14.9. The van der Waals surface area contributed by atoms with Crippen molar-refractivity contribution < 1.29 is 24.2 Å². The fraction of sp³-hybridized carbons (Fsp3) is 0.625. The first-order valence-corrected chi connectivity index (χ1v) is 11.4. The molecule has 1 aliphatic rings. The maximum absolute atomic E-state index is 13.2. The van der Waals surface area contributed by atoms with Gasteiger partial charge in [-0.3, -0.25) is 19.7 Å². The molecule has 1 aliphatic carbocycles. The summed E-state index contributed by atoms with van der Waals surface area (Å²) in [7, 11) is 0. The first-order chi connectivity index (χ1) is 14.9. The molecule has 32 heavy (non-hydrogen) atoms.